The fourth-order valence-corrected chi connectivity index (χ4v) is 4.50. The average Bonchev–Trinajstić information content (AvgIpc) is 2.70. The van der Waals surface area contributed by atoms with E-state index >= 15 is 0 Å². The molecule has 4 aromatic rings. The van der Waals surface area contributed by atoms with Crippen LogP contribution in [0.15, 0.2) is 61.2 Å². The van der Waals surface area contributed by atoms with Crippen LogP contribution < -0.4 is 0 Å². The minimum absolute atomic E-state index is 0.693. The van der Waals surface area contributed by atoms with Gasteiger partial charge in [-0.25, -0.2) is 0 Å². The molecule has 5 rings (SSSR count). The first-order valence-corrected chi connectivity index (χ1v) is 9.81. The first kappa shape index (κ1) is 17.7. The Morgan fingerprint density at radius 3 is 2.26 bits per heavy atom. The van der Waals surface area contributed by atoms with Crippen LogP contribution in [0.1, 0.15) is 47.9 Å². The minimum atomic E-state index is 0.693. The van der Waals surface area contributed by atoms with Gasteiger partial charge in [0.15, 0.2) is 0 Å². The van der Waals surface area contributed by atoms with E-state index in [2.05, 4.69) is 67.1 Å². The summed E-state index contributed by atoms with van der Waals surface area (Å²) in [6.07, 6.45) is 10.5. The van der Waals surface area contributed by atoms with Crippen LogP contribution in [0.25, 0.3) is 21.5 Å². The highest BCUT2D eigenvalue weighted by Gasteiger charge is 2.20. The van der Waals surface area contributed by atoms with Gasteiger partial charge in [-0.05, 0) is 82.8 Å². The highest BCUT2D eigenvalue weighted by atomic mass is 14.7. The lowest BCUT2D eigenvalue weighted by molar-refractivity contribution is 0.595. The third kappa shape index (κ3) is 3.32. The highest BCUT2D eigenvalue weighted by molar-refractivity contribution is 6.11. The van der Waals surface area contributed by atoms with Crippen LogP contribution in [0.2, 0.25) is 0 Å². The van der Waals surface area contributed by atoms with Crippen LogP contribution in [0.5, 0.6) is 0 Å². The zero-order chi connectivity index (χ0) is 18.8. The molecule has 0 radical (unpaired) electrons. The quantitative estimate of drug-likeness (QED) is 0.336. The number of hydrogen-bond acceptors (Lipinski definition) is 2. The summed E-state index contributed by atoms with van der Waals surface area (Å²) in [5.41, 5.74) is 6.00. The van der Waals surface area contributed by atoms with E-state index in [1.165, 1.54) is 51.9 Å². The molecular weight excluding hydrogens is 328 g/mol. The highest BCUT2D eigenvalue weighted by Crippen LogP contribution is 2.40. The second kappa shape index (κ2) is 7.48. The molecule has 0 bridgehead atoms. The molecule has 0 N–H and O–H groups in total. The third-order valence-electron chi connectivity index (χ3n) is 5.76. The van der Waals surface area contributed by atoms with Crippen molar-refractivity contribution in [3.63, 3.8) is 0 Å². The first-order chi connectivity index (χ1) is 13.2. The van der Waals surface area contributed by atoms with Crippen molar-refractivity contribution in [2.75, 3.05) is 0 Å². The van der Waals surface area contributed by atoms with Crippen molar-refractivity contribution in [2.45, 2.75) is 46.0 Å². The van der Waals surface area contributed by atoms with Crippen molar-refractivity contribution in [2.24, 2.45) is 0 Å². The predicted molar refractivity (Wildman–Crippen MR) is 114 cm³/mol. The maximum atomic E-state index is 3.72. The maximum absolute atomic E-state index is 3.72. The summed E-state index contributed by atoms with van der Waals surface area (Å²) in [7, 11) is 0. The molecule has 1 aromatic heterocycles. The molecule has 0 saturated carbocycles. The van der Waals surface area contributed by atoms with Crippen LogP contribution in [0, 0.1) is 13.8 Å². The molecule has 1 aliphatic rings. The van der Waals surface area contributed by atoms with Gasteiger partial charge in [0.05, 0.1) is 0 Å². The molecule has 0 spiro atoms. The smallest absolute Gasteiger partial charge is 0.0451 e. The molecule has 1 heterocycles. The second-order valence-corrected chi connectivity index (χ2v) is 7.61. The lowest BCUT2D eigenvalue weighted by atomic mass is 9.79. The number of rotatable bonds is 0. The van der Waals surface area contributed by atoms with Gasteiger partial charge in [0.25, 0.3) is 0 Å². The topological polar surface area (TPSA) is 25.8 Å². The van der Waals surface area contributed by atoms with Crippen molar-refractivity contribution in [3.8, 4) is 0 Å². The molecule has 2 nitrogen and oxygen atoms in total. The van der Waals surface area contributed by atoms with Gasteiger partial charge >= 0.3 is 0 Å². The molecular formula is C25H26N2. The van der Waals surface area contributed by atoms with Gasteiger partial charge in [0.1, 0.15) is 0 Å². The molecule has 1 atom stereocenters. The standard InChI is InChI=1S/C21H22.C4H4N2/c1-13-6-4-8-16-10-11-18-19(20(13)16)12-15(3)17-9-5-7-14(2)21(17)18;1-2-6-4-3-5-1/h5,7,9-13H,4,6,8H2,1-3H3;1-4H/t13-;/m1./s1. The van der Waals surface area contributed by atoms with Crippen molar-refractivity contribution < 1.29 is 0 Å². The molecule has 136 valence electrons. The number of aromatic nitrogens is 2. The molecule has 1 aliphatic carbocycles. The van der Waals surface area contributed by atoms with Gasteiger partial charge in [0, 0.05) is 24.8 Å². The molecule has 2 heteroatoms. The van der Waals surface area contributed by atoms with Gasteiger partial charge in [-0.3, -0.25) is 9.97 Å². The molecule has 0 amide bonds. The summed E-state index contributed by atoms with van der Waals surface area (Å²) >= 11 is 0. The van der Waals surface area contributed by atoms with Gasteiger partial charge < -0.3 is 0 Å². The summed E-state index contributed by atoms with van der Waals surface area (Å²) in [4.78, 5) is 7.44. The maximum Gasteiger partial charge on any atom is 0.0451 e. The summed E-state index contributed by atoms with van der Waals surface area (Å²) in [5, 5.41) is 5.80. The van der Waals surface area contributed by atoms with Gasteiger partial charge in [-0.2, -0.15) is 0 Å². The van der Waals surface area contributed by atoms with E-state index in [1.807, 2.05) is 0 Å². The lowest BCUT2D eigenvalue weighted by Gasteiger charge is -2.25. The van der Waals surface area contributed by atoms with Crippen LogP contribution in [-0.2, 0) is 6.42 Å². The van der Waals surface area contributed by atoms with E-state index in [1.54, 1.807) is 35.9 Å². The fourth-order valence-electron chi connectivity index (χ4n) is 4.50. The fraction of sp³-hybridized carbons (Fsp3) is 0.280. The minimum Gasteiger partial charge on any atom is -0.262 e. The number of fused-ring (bicyclic) bond motifs is 5. The van der Waals surface area contributed by atoms with Crippen molar-refractivity contribution in [1.82, 2.24) is 9.97 Å². The molecule has 0 aliphatic heterocycles. The van der Waals surface area contributed by atoms with Crippen LogP contribution in [0.3, 0.4) is 0 Å². The predicted octanol–water partition coefficient (Wildman–Crippen LogP) is 6.53. The van der Waals surface area contributed by atoms with Gasteiger partial charge in [0.2, 0.25) is 0 Å². The van der Waals surface area contributed by atoms with Gasteiger partial charge in [-0.1, -0.05) is 43.3 Å². The lowest BCUT2D eigenvalue weighted by Crippen LogP contribution is -2.07. The zero-order valence-electron chi connectivity index (χ0n) is 16.4. The van der Waals surface area contributed by atoms with E-state index < -0.39 is 0 Å². The molecule has 0 fully saturated rings. The Hall–Kier alpha value is -2.74. The van der Waals surface area contributed by atoms with E-state index in [9.17, 15) is 0 Å². The van der Waals surface area contributed by atoms with Crippen LogP contribution in [0.4, 0.5) is 0 Å². The largest absolute Gasteiger partial charge is 0.262 e. The Labute approximate surface area is 161 Å². The Morgan fingerprint density at radius 2 is 1.56 bits per heavy atom. The van der Waals surface area contributed by atoms with Crippen LogP contribution >= 0.6 is 0 Å². The Bertz CT molecular complexity index is 1060. The Balaban J connectivity index is 0.000000257. The SMILES string of the molecule is Cc1cc2c3c(ccc2c2c(C)cccc12)CCC[C@H]3C.c1cnccn1. The van der Waals surface area contributed by atoms with Gasteiger partial charge in [-0.15, -0.1) is 0 Å². The third-order valence-corrected chi connectivity index (χ3v) is 5.76. The molecule has 0 unspecified atom stereocenters. The second-order valence-electron chi connectivity index (χ2n) is 7.61. The summed E-state index contributed by atoms with van der Waals surface area (Å²) in [6.45, 7) is 6.90. The van der Waals surface area contributed by atoms with Crippen molar-refractivity contribution >= 4 is 21.5 Å². The normalized spacial score (nSPS) is 15.9. The van der Waals surface area contributed by atoms with E-state index in [-0.39, 0.29) is 0 Å². The number of benzene rings is 3. The average molecular weight is 354 g/mol. The summed E-state index contributed by atoms with van der Waals surface area (Å²) < 4.78 is 0. The van der Waals surface area contributed by atoms with Crippen molar-refractivity contribution in [3.05, 3.63) is 83.4 Å². The van der Waals surface area contributed by atoms with Crippen LogP contribution in [-0.4, -0.2) is 9.97 Å². The zero-order valence-corrected chi connectivity index (χ0v) is 16.4. The van der Waals surface area contributed by atoms with Crippen molar-refractivity contribution in [1.29, 1.82) is 0 Å². The molecule has 0 saturated heterocycles. The Kier molecular flexibility index (Phi) is 4.89. The summed E-state index contributed by atoms with van der Waals surface area (Å²) in [6, 6.07) is 13.9. The summed E-state index contributed by atoms with van der Waals surface area (Å²) in [5.74, 6) is 0.693. The van der Waals surface area contributed by atoms with E-state index in [0.717, 1.165) is 0 Å². The first-order valence-electron chi connectivity index (χ1n) is 9.81. The number of nitrogens with zero attached hydrogens (tertiary/aromatic N) is 2. The number of aryl methyl sites for hydroxylation is 3. The molecule has 27 heavy (non-hydrogen) atoms. The van der Waals surface area contributed by atoms with E-state index in [4.69, 9.17) is 0 Å². The van der Waals surface area contributed by atoms with E-state index in [0.29, 0.717) is 5.92 Å². The molecule has 3 aromatic carbocycles. The Morgan fingerprint density at radius 1 is 0.815 bits per heavy atom. The monoisotopic (exact) mass is 354 g/mol. The number of hydrogen-bond donors (Lipinski definition) is 0.